The Bertz CT molecular complexity index is 492. The number of alkyl halides is 2. The fourth-order valence-corrected chi connectivity index (χ4v) is 3.11. The number of ether oxygens (including phenoxy) is 2. The van der Waals surface area contributed by atoms with E-state index in [0.29, 0.717) is 47.7 Å². The van der Waals surface area contributed by atoms with E-state index in [0.717, 1.165) is 0 Å². The monoisotopic (exact) mass is 436 g/mol. The number of benzene rings is 1. The van der Waals surface area contributed by atoms with Crippen molar-refractivity contribution in [1.29, 1.82) is 0 Å². The van der Waals surface area contributed by atoms with Crippen LogP contribution in [0.2, 0.25) is 0 Å². The Kier molecular flexibility index (Phi) is 10.4. The minimum absolute atomic E-state index is 0. The third-order valence-corrected chi connectivity index (χ3v) is 4.29. The molecule has 0 aromatic heterocycles. The molecule has 0 unspecified atom stereocenters. The molecular weight excluding hydrogens is 417 g/mol. The van der Waals surface area contributed by atoms with E-state index in [-0.39, 0.29) is 24.8 Å². The molecule has 0 aliphatic carbocycles. The van der Waals surface area contributed by atoms with Gasteiger partial charge in [0.15, 0.2) is 11.5 Å². The van der Waals surface area contributed by atoms with Crippen molar-refractivity contribution in [3.8, 4) is 11.5 Å². The molecule has 1 aromatic rings. The molecule has 0 radical (unpaired) electrons. The van der Waals surface area contributed by atoms with Gasteiger partial charge in [0.2, 0.25) is 0 Å². The van der Waals surface area contributed by atoms with E-state index in [1.165, 1.54) is 14.2 Å². The van der Waals surface area contributed by atoms with Crippen molar-refractivity contribution in [2.75, 3.05) is 40.4 Å². The second-order valence-electron chi connectivity index (χ2n) is 4.79. The predicted molar refractivity (Wildman–Crippen MR) is 94.9 cm³/mol. The smallest absolute Gasteiger partial charge is 0.258 e. The van der Waals surface area contributed by atoms with Gasteiger partial charge < -0.3 is 14.8 Å². The third kappa shape index (κ3) is 5.32. The van der Waals surface area contributed by atoms with Crippen molar-refractivity contribution >= 4 is 40.7 Å². The second-order valence-corrected chi connectivity index (χ2v) is 5.65. The highest BCUT2D eigenvalue weighted by Crippen LogP contribution is 2.39. The van der Waals surface area contributed by atoms with Crippen molar-refractivity contribution in [3.05, 3.63) is 22.2 Å². The van der Waals surface area contributed by atoms with Gasteiger partial charge >= 0.3 is 0 Å². The molecule has 0 spiro atoms. The van der Waals surface area contributed by atoms with E-state index in [2.05, 4.69) is 21.2 Å². The summed E-state index contributed by atoms with van der Waals surface area (Å²) in [6, 6.07) is 2.34. The van der Waals surface area contributed by atoms with Gasteiger partial charge in [-0.1, -0.05) is 15.9 Å². The summed E-state index contributed by atoms with van der Waals surface area (Å²) in [5.41, 5.74) is 0.518. The summed E-state index contributed by atoms with van der Waals surface area (Å²) in [6.45, 7) is 2.62. The van der Waals surface area contributed by atoms with E-state index >= 15 is 0 Å². The van der Waals surface area contributed by atoms with Crippen LogP contribution in [0.15, 0.2) is 16.6 Å². The standard InChI is InChI=1S/C14H19BrF2N2O2.2ClH/c1-20-11-7-9(10(15)8-12(11)21-2)13(14(16)17)19-5-3-18-4-6-19;;/h7-8,13-14,18H,3-6H2,1-2H3;2*1H/t13-;;/m0../s1. The quantitative estimate of drug-likeness (QED) is 0.764. The van der Waals surface area contributed by atoms with Gasteiger partial charge in [-0.25, -0.2) is 8.78 Å². The Hall–Kier alpha value is -0.340. The molecule has 23 heavy (non-hydrogen) atoms. The topological polar surface area (TPSA) is 33.7 Å². The zero-order valence-corrected chi connectivity index (χ0v) is 16.1. The van der Waals surface area contributed by atoms with Gasteiger partial charge in [-0.15, -0.1) is 24.8 Å². The molecule has 4 nitrogen and oxygen atoms in total. The number of halogens is 5. The minimum Gasteiger partial charge on any atom is -0.493 e. The number of hydrogen-bond donors (Lipinski definition) is 1. The highest BCUT2D eigenvalue weighted by Gasteiger charge is 2.32. The number of hydrogen-bond acceptors (Lipinski definition) is 4. The lowest BCUT2D eigenvalue weighted by molar-refractivity contribution is 0.0177. The molecule has 1 fully saturated rings. The highest BCUT2D eigenvalue weighted by molar-refractivity contribution is 9.10. The van der Waals surface area contributed by atoms with E-state index in [1.54, 1.807) is 17.0 Å². The van der Waals surface area contributed by atoms with E-state index in [4.69, 9.17) is 9.47 Å². The van der Waals surface area contributed by atoms with Crippen LogP contribution in [0.5, 0.6) is 11.5 Å². The fourth-order valence-electron chi connectivity index (χ4n) is 2.55. The van der Waals surface area contributed by atoms with Crippen molar-refractivity contribution in [1.82, 2.24) is 10.2 Å². The first-order chi connectivity index (χ1) is 10.1. The molecule has 1 saturated heterocycles. The van der Waals surface area contributed by atoms with Gasteiger partial charge in [0.25, 0.3) is 6.43 Å². The Morgan fingerprint density at radius 1 is 1.09 bits per heavy atom. The molecule has 1 heterocycles. The summed E-state index contributed by atoms with van der Waals surface area (Å²) < 4.78 is 38.2. The fraction of sp³-hybridized carbons (Fsp3) is 0.571. The maximum atomic E-state index is 13.6. The molecule has 1 aliphatic heterocycles. The SMILES string of the molecule is COc1cc(Br)c([C@@H](C(F)F)N2CCNCC2)cc1OC.Cl.Cl. The van der Waals surface area contributed by atoms with Crippen LogP contribution >= 0.6 is 40.7 Å². The third-order valence-electron chi connectivity index (χ3n) is 3.61. The first-order valence-electron chi connectivity index (χ1n) is 6.72. The van der Waals surface area contributed by atoms with E-state index in [9.17, 15) is 8.78 Å². The van der Waals surface area contributed by atoms with E-state index in [1.807, 2.05) is 0 Å². The Balaban J connectivity index is 0.00000242. The van der Waals surface area contributed by atoms with Gasteiger partial charge in [0.05, 0.1) is 20.3 Å². The molecular formula is C14H21BrCl2F2N2O2. The lowest BCUT2D eigenvalue weighted by Gasteiger charge is -2.35. The maximum absolute atomic E-state index is 13.6. The normalized spacial score (nSPS) is 16.3. The van der Waals surface area contributed by atoms with Crippen LogP contribution in [0.4, 0.5) is 8.78 Å². The number of rotatable bonds is 5. The number of nitrogens with zero attached hydrogens (tertiary/aromatic N) is 1. The molecule has 2 rings (SSSR count). The average molecular weight is 438 g/mol. The van der Waals surface area contributed by atoms with Crippen LogP contribution in [-0.2, 0) is 0 Å². The van der Waals surface area contributed by atoms with Gasteiger partial charge in [0, 0.05) is 30.7 Å². The molecule has 0 amide bonds. The largest absolute Gasteiger partial charge is 0.493 e. The van der Waals surface area contributed by atoms with Crippen molar-refractivity contribution in [2.45, 2.75) is 12.5 Å². The molecule has 0 saturated carbocycles. The molecule has 1 aromatic carbocycles. The summed E-state index contributed by atoms with van der Waals surface area (Å²) in [5.74, 6) is 0.970. The summed E-state index contributed by atoms with van der Waals surface area (Å²) >= 11 is 3.38. The van der Waals surface area contributed by atoms with E-state index < -0.39 is 12.5 Å². The minimum atomic E-state index is -2.47. The zero-order valence-electron chi connectivity index (χ0n) is 12.9. The maximum Gasteiger partial charge on any atom is 0.258 e. The van der Waals surface area contributed by atoms with Crippen molar-refractivity contribution in [3.63, 3.8) is 0 Å². The van der Waals surface area contributed by atoms with Gasteiger partial charge in [-0.05, 0) is 17.7 Å². The molecule has 1 N–H and O–H groups in total. The molecule has 0 bridgehead atoms. The van der Waals surface area contributed by atoms with Gasteiger partial charge in [-0.2, -0.15) is 0 Å². The number of methoxy groups -OCH3 is 2. The van der Waals surface area contributed by atoms with Crippen molar-refractivity contribution in [2.24, 2.45) is 0 Å². The molecule has 1 aliphatic rings. The number of piperazine rings is 1. The molecule has 1 atom stereocenters. The lowest BCUT2D eigenvalue weighted by atomic mass is 10.0. The second kappa shape index (κ2) is 10.5. The zero-order chi connectivity index (χ0) is 15.4. The first kappa shape index (κ1) is 22.7. The lowest BCUT2D eigenvalue weighted by Crippen LogP contribution is -2.47. The highest BCUT2D eigenvalue weighted by atomic mass is 79.9. The van der Waals surface area contributed by atoms with Crippen LogP contribution in [0.1, 0.15) is 11.6 Å². The Morgan fingerprint density at radius 2 is 1.61 bits per heavy atom. The summed E-state index contributed by atoms with van der Waals surface area (Å²) in [4.78, 5) is 1.80. The van der Waals surface area contributed by atoms with Gasteiger partial charge in [-0.3, -0.25) is 4.90 Å². The first-order valence-corrected chi connectivity index (χ1v) is 7.52. The van der Waals surface area contributed by atoms with Gasteiger partial charge in [0.1, 0.15) is 0 Å². The summed E-state index contributed by atoms with van der Waals surface area (Å²) in [7, 11) is 3.02. The van der Waals surface area contributed by atoms with Crippen LogP contribution in [-0.4, -0.2) is 51.7 Å². The van der Waals surface area contributed by atoms with Crippen LogP contribution in [0, 0.1) is 0 Å². The summed E-state index contributed by atoms with van der Waals surface area (Å²) in [5, 5.41) is 3.17. The van der Waals surface area contributed by atoms with Crippen LogP contribution in [0.3, 0.4) is 0 Å². The Morgan fingerprint density at radius 3 is 2.09 bits per heavy atom. The predicted octanol–water partition coefficient (Wildman–Crippen LogP) is 3.52. The molecule has 9 heteroatoms. The van der Waals surface area contributed by atoms with Crippen molar-refractivity contribution < 1.29 is 18.3 Å². The molecule has 134 valence electrons. The van der Waals surface area contributed by atoms with Crippen LogP contribution in [0.25, 0.3) is 0 Å². The Labute approximate surface area is 155 Å². The average Bonchev–Trinajstić information content (AvgIpc) is 2.49. The van der Waals surface area contributed by atoms with Crippen LogP contribution < -0.4 is 14.8 Å². The number of nitrogens with one attached hydrogen (secondary N) is 1. The summed E-state index contributed by atoms with van der Waals surface area (Å²) in [6.07, 6.45) is -2.47.